The van der Waals surface area contributed by atoms with E-state index in [0.717, 1.165) is 17.7 Å². The van der Waals surface area contributed by atoms with Gasteiger partial charge >= 0.3 is 0 Å². The summed E-state index contributed by atoms with van der Waals surface area (Å²) in [6.07, 6.45) is 3.19. The molecule has 1 rings (SSSR count). The van der Waals surface area contributed by atoms with E-state index in [4.69, 9.17) is 17.0 Å². The topological polar surface area (TPSA) is 27.1 Å². The highest BCUT2D eigenvalue weighted by Gasteiger charge is 2.04. The second-order valence-corrected chi connectivity index (χ2v) is 3.85. The van der Waals surface area contributed by atoms with Crippen LogP contribution in [-0.4, -0.2) is 25.2 Å². The molecular weight excluding hydrogens is 208 g/mol. The van der Waals surface area contributed by atoms with Crippen molar-refractivity contribution in [3.63, 3.8) is 0 Å². The first-order chi connectivity index (χ1) is 7.19. The lowest BCUT2D eigenvalue weighted by Crippen LogP contribution is -2.12. The van der Waals surface area contributed by atoms with E-state index in [1.807, 2.05) is 32.3 Å². The molecule has 0 heterocycles. The summed E-state index contributed by atoms with van der Waals surface area (Å²) in [6, 6.07) is 5.93. The van der Waals surface area contributed by atoms with E-state index < -0.39 is 0 Å². The maximum atomic E-state index is 7.33. The minimum Gasteiger partial charge on any atom is -0.308 e. The van der Waals surface area contributed by atoms with E-state index in [2.05, 4.69) is 11.0 Å². The molecule has 0 saturated carbocycles. The van der Waals surface area contributed by atoms with Crippen molar-refractivity contribution in [2.45, 2.75) is 6.54 Å². The van der Waals surface area contributed by atoms with Crippen LogP contribution in [0.3, 0.4) is 0 Å². The second kappa shape index (κ2) is 5.69. The molecule has 1 N–H and O–H groups in total. The monoisotopic (exact) mass is 222 g/mol. The van der Waals surface area contributed by atoms with Crippen molar-refractivity contribution >= 4 is 23.9 Å². The highest BCUT2D eigenvalue weighted by molar-refractivity contribution is 6.27. The highest BCUT2D eigenvalue weighted by Crippen LogP contribution is 2.17. The number of nitrogens with one attached hydrogen (secondary N) is 1. The van der Waals surface area contributed by atoms with Crippen LogP contribution in [0.15, 0.2) is 23.7 Å². The van der Waals surface area contributed by atoms with Crippen LogP contribution in [0.5, 0.6) is 0 Å². The fraction of sp³-hybridized carbons (Fsp3) is 0.250. The summed E-state index contributed by atoms with van der Waals surface area (Å²) >= 11 is 5.60. The minimum atomic E-state index is 0.845. The summed E-state index contributed by atoms with van der Waals surface area (Å²) in [5.41, 5.74) is 4.59. The third-order valence-electron chi connectivity index (χ3n) is 2.10. The largest absolute Gasteiger partial charge is 0.308 e. The Hall–Kier alpha value is -1.12. The zero-order valence-electron chi connectivity index (χ0n) is 9.00. The van der Waals surface area contributed by atoms with E-state index in [0.29, 0.717) is 0 Å². The van der Waals surface area contributed by atoms with Crippen molar-refractivity contribution in [3.8, 4) is 0 Å². The molecule has 0 bridgehead atoms. The number of hydrogen-bond acceptors (Lipinski definition) is 2. The van der Waals surface area contributed by atoms with Crippen molar-refractivity contribution < 1.29 is 0 Å². The van der Waals surface area contributed by atoms with Crippen molar-refractivity contribution in [3.05, 3.63) is 40.4 Å². The predicted molar refractivity (Wildman–Crippen MR) is 66.6 cm³/mol. The number of benzene rings is 1. The summed E-state index contributed by atoms with van der Waals surface area (Å²) in [7, 11) is 4.04. The van der Waals surface area contributed by atoms with Gasteiger partial charge in [0.1, 0.15) is 0 Å². The van der Waals surface area contributed by atoms with Crippen molar-refractivity contribution in [2.24, 2.45) is 0 Å². The van der Waals surface area contributed by atoms with Gasteiger partial charge in [-0.3, -0.25) is 0 Å². The Bertz CT molecular complexity index is 370. The average Bonchev–Trinajstić information content (AvgIpc) is 2.20. The summed E-state index contributed by atoms with van der Waals surface area (Å²) in [6.45, 7) is 0.845. The predicted octanol–water partition coefficient (Wildman–Crippen LogP) is 2.96. The summed E-state index contributed by atoms with van der Waals surface area (Å²) in [5, 5.41) is 7.33. The minimum absolute atomic E-state index is 0.845. The fourth-order valence-corrected chi connectivity index (χ4v) is 1.63. The molecule has 0 aromatic heterocycles. The molecule has 0 unspecified atom stereocenters. The first-order valence-electron chi connectivity index (χ1n) is 4.73. The van der Waals surface area contributed by atoms with Crippen LogP contribution >= 0.6 is 11.6 Å². The third kappa shape index (κ3) is 3.18. The molecule has 0 radical (unpaired) electrons. The van der Waals surface area contributed by atoms with E-state index in [1.54, 1.807) is 0 Å². The Morgan fingerprint density at radius 2 is 2.13 bits per heavy atom. The first-order valence-corrected chi connectivity index (χ1v) is 5.16. The van der Waals surface area contributed by atoms with Gasteiger partial charge in [-0.25, -0.2) is 0 Å². The molecule has 0 atom stereocenters. The van der Waals surface area contributed by atoms with Gasteiger partial charge in [-0.2, -0.15) is 0 Å². The Kier molecular flexibility index (Phi) is 4.53. The maximum Gasteiger partial charge on any atom is 0.0256 e. The molecule has 0 spiro atoms. The SMILES string of the molecule is CN(C)Cc1cccc(C=N)c1/C=C/Cl. The van der Waals surface area contributed by atoms with Gasteiger partial charge in [-0.1, -0.05) is 29.8 Å². The van der Waals surface area contributed by atoms with Crippen LogP contribution in [0, 0.1) is 5.41 Å². The molecule has 1 aromatic rings. The molecule has 0 aliphatic rings. The summed E-state index contributed by atoms with van der Waals surface area (Å²) in [4.78, 5) is 2.09. The second-order valence-electron chi connectivity index (χ2n) is 3.59. The van der Waals surface area contributed by atoms with Crippen LogP contribution in [0.25, 0.3) is 6.08 Å². The van der Waals surface area contributed by atoms with E-state index in [9.17, 15) is 0 Å². The number of nitrogens with zero attached hydrogens (tertiary/aromatic N) is 1. The lowest BCUT2D eigenvalue weighted by atomic mass is 10.0. The molecule has 0 amide bonds. The molecule has 2 nitrogen and oxygen atoms in total. The molecule has 0 aliphatic carbocycles. The molecule has 15 heavy (non-hydrogen) atoms. The quantitative estimate of drug-likeness (QED) is 0.780. The molecular formula is C12H15ClN2. The van der Waals surface area contributed by atoms with Crippen LogP contribution in [0.4, 0.5) is 0 Å². The summed E-state index contributed by atoms with van der Waals surface area (Å²) in [5.74, 6) is 0. The van der Waals surface area contributed by atoms with E-state index >= 15 is 0 Å². The van der Waals surface area contributed by atoms with Gasteiger partial charge in [0.15, 0.2) is 0 Å². The van der Waals surface area contributed by atoms with Crippen LogP contribution in [0.1, 0.15) is 16.7 Å². The lowest BCUT2D eigenvalue weighted by Gasteiger charge is -2.13. The standard InChI is InChI=1S/C12H15ClN2/c1-15(2)9-11-5-3-4-10(8-14)12(11)6-7-13/h3-8,14H,9H2,1-2H3/b7-6+,14-8?. The molecule has 3 heteroatoms. The smallest absolute Gasteiger partial charge is 0.0256 e. The molecule has 0 aliphatic heterocycles. The summed E-state index contributed by atoms with van der Waals surface area (Å²) < 4.78 is 0. The molecule has 0 saturated heterocycles. The average molecular weight is 223 g/mol. The molecule has 0 fully saturated rings. The lowest BCUT2D eigenvalue weighted by molar-refractivity contribution is 0.402. The third-order valence-corrected chi connectivity index (χ3v) is 2.23. The van der Waals surface area contributed by atoms with E-state index in [1.165, 1.54) is 17.3 Å². The number of halogens is 1. The van der Waals surface area contributed by atoms with Crippen molar-refractivity contribution in [1.29, 1.82) is 5.41 Å². The van der Waals surface area contributed by atoms with Gasteiger partial charge < -0.3 is 10.3 Å². The van der Waals surface area contributed by atoms with E-state index in [-0.39, 0.29) is 0 Å². The molecule has 1 aromatic carbocycles. The van der Waals surface area contributed by atoms with Crippen LogP contribution < -0.4 is 0 Å². The van der Waals surface area contributed by atoms with Crippen LogP contribution in [0.2, 0.25) is 0 Å². The van der Waals surface area contributed by atoms with Gasteiger partial charge in [0, 0.05) is 18.3 Å². The van der Waals surface area contributed by atoms with Crippen molar-refractivity contribution in [1.82, 2.24) is 4.90 Å². The Labute approximate surface area is 95.7 Å². The van der Waals surface area contributed by atoms with Gasteiger partial charge in [0.2, 0.25) is 0 Å². The van der Waals surface area contributed by atoms with Gasteiger partial charge in [0.25, 0.3) is 0 Å². The maximum absolute atomic E-state index is 7.33. The zero-order valence-corrected chi connectivity index (χ0v) is 9.75. The normalized spacial score (nSPS) is 11.2. The van der Waals surface area contributed by atoms with Gasteiger partial charge in [-0.05, 0) is 36.9 Å². The molecule has 80 valence electrons. The zero-order chi connectivity index (χ0) is 11.3. The fourth-order valence-electron chi connectivity index (χ4n) is 1.50. The first kappa shape index (κ1) is 12.0. The van der Waals surface area contributed by atoms with Crippen LogP contribution in [-0.2, 0) is 6.54 Å². The van der Waals surface area contributed by atoms with Crippen molar-refractivity contribution in [2.75, 3.05) is 14.1 Å². The van der Waals surface area contributed by atoms with Gasteiger partial charge in [-0.15, -0.1) is 0 Å². The number of hydrogen-bond donors (Lipinski definition) is 1. The Morgan fingerprint density at radius 3 is 2.67 bits per heavy atom. The Morgan fingerprint density at radius 1 is 1.40 bits per heavy atom. The number of rotatable bonds is 4. The highest BCUT2D eigenvalue weighted by atomic mass is 35.5. The Balaban J connectivity index is 3.18. The van der Waals surface area contributed by atoms with Gasteiger partial charge in [0.05, 0.1) is 0 Å².